The Hall–Kier alpha value is -0.800. The van der Waals surface area contributed by atoms with Gasteiger partial charge in [-0.2, -0.15) is 5.10 Å². The van der Waals surface area contributed by atoms with E-state index in [0.717, 1.165) is 29.6 Å². The van der Waals surface area contributed by atoms with E-state index in [-0.39, 0.29) is 0 Å². The molecule has 4 heteroatoms. The van der Waals surface area contributed by atoms with Crippen molar-refractivity contribution in [1.82, 2.24) is 9.78 Å². The van der Waals surface area contributed by atoms with Crippen LogP contribution in [0, 0.1) is 19.8 Å². The highest BCUT2D eigenvalue weighted by atomic mass is 79.9. The fraction of sp³-hybridized carbons (Fsp3) is 0.471. The number of hydrogen-bond acceptors (Lipinski definition) is 1. The number of benzene rings is 1. The highest BCUT2D eigenvalue weighted by molar-refractivity contribution is 9.10. The molecule has 0 aliphatic carbocycles. The lowest BCUT2D eigenvalue weighted by Crippen LogP contribution is -2.14. The van der Waals surface area contributed by atoms with Gasteiger partial charge in [0.2, 0.25) is 0 Å². The van der Waals surface area contributed by atoms with Crippen LogP contribution < -0.4 is 0 Å². The minimum Gasteiger partial charge on any atom is -0.268 e. The third-order valence-corrected chi connectivity index (χ3v) is 5.39. The maximum atomic E-state index is 6.23. The molecule has 0 radical (unpaired) electrons. The van der Waals surface area contributed by atoms with Gasteiger partial charge in [-0.1, -0.05) is 24.3 Å². The normalized spacial score (nSPS) is 12.6. The first kappa shape index (κ1) is 16.6. The molecule has 0 aliphatic rings. The van der Waals surface area contributed by atoms with Crippen LogP contribution in [-0.4, -0.2) is 15.7 Å². The zero-order valence-corrected chi connectivity index (χ0v) is 15.2. The molecule has 0 amide bonds. The van der Waals surface area contributed by atoms with Gasteiger partial charge < -0.3 is 0 Å². The van der Waals surface area contributed by atoms with E-state index >= 15 is 0 Å². The second-order valence-corrected chi connectivity index (χ2v) is 6.62. The molecule has 0 bridgehead atoms. The van der Waals surface area contributed by atoms with Crippen molar-refractivity contribution < 1.29 is 0 Å². The Kier molecular flexibility index (Phi) is 5.88. The van der Waals surface area contributed by atoms with E-state index in [9.17, 15) is 0 Å². The summed E-state index contributed by atoms with van der Waals surface area (Å²) in [4.78, 5) is 0. The van der Waals surface area contributed by atoms with Crippen molar-refractivity contribution in [3.63, 3.8) is 0 Å². The molecule has 1 unspecified atom stereocenters. The summed E-state index contributed by atoms with van der Waals surface area (Å²) in [5, 5.41) is 4.57. The van der Waals surface area contributed by atoms with Crippen LogP contribution in [0.4, 0.5) is 0 Å². The minimum atomic E-state index is 0.422. The van der Waals surface area contributed by atoms with Crippen LogP contribution in [0.3, 0.4) is 0 Å². The molecule has 21 heavy (non-hydrogen) atoms. The molecule has 0 spiro atoms. The summed E-state index contributed by atoms with van der Waals surface area (Å²) in [6.07, 6.45) is 1.96. The number of alkyl halides is 1. The van der Waals surface area contributed by atoms with Crippen LogP contribution in [0.15, 0.2) is 28.7 Å². The highest BCUT2D eigenvalue weighted by Gasteiger charge is 2.18. The van der Waals surface area contributed by atoms with Gasteiger partial charge in [0.05, 0.1) is 15.9 Å². The third-order valence-electron chi connectivity index (χ3n) is 3.92. The molecule has 0 aliphatic heterocycles. The molecular formula is C17H22BrClN2. The first-order chi connectivity index (χ1) is 10.1. The van der Waals surface area contributed by atoms with Gasteiger partial charge in [-0.25, -0.2) is 0 Å². The fourth-order valence-electron chi connectivity index (χ4n) is 2.67. The summed E-state index contributed by atoms with van der Waals surface area (Å²) in [6.45, 7) is 7.22. The van der Waals surface area contributed by atoms with Gasteiger partial charge in [0.15, 0.2) is 0 Å². The van der Waals surface area contributed by atoms with Gasteiger partial charge in [-0.15, -0.1) is 11.6 Å². The van der Waals surface area contributed by atoms with Crippen LogP contribution in [-0.2, 0) is 19.4 Å². The third kappa shape index (κ3) is 3.89. The number of aryl methyl sites for hydroxylation is 3. The minimum absolute atomic E-state index is 0.422. The predicted octanol–water partition coefficient (Wildman–Crippen LogP) is 4.92. The molecular weight excluding hydrogens is 348 g/mol. The average Bonchev–Trinajstić information content (AvgIpc) is 2.76. The van der Waals surface area contributed by atoms with Crippen molar-refractivity contribution in [2.75, 3.05) is 5.88 Å². The van der Waals surface area contributed by atoms with Gasteiger partial charge >= 0.3 is 0 Å². The van der Waals surface area contributed by atoms with Gasteiger partial charge in [0.1, 0.15) is 0 Å². The predicted molar refractivity (Wildman–Crippen MR) is 93.1 cm³/mol. The van der Waals surface area contributed by atoms with Crippen molar-refractivity contribution in [1.29, 1.82) is 0 Å². The molecule has 0 saturated heterocycles. The summed E-state index contributed by atoms with van der Waals surface area (Å²) >= 11 is 9.90. The van der Waals surface area contributed by atoms with Crippen LogP contribution >= 0.6 is 27.5 Å². The second-order valence-electron chi connectivity index (χ2n) is 5.52. The molecule has 0 N–H and O–H groups in total. The maximum Gasteiger partial charge on any atom is 0.0738 e. The van der Waals surface area contributed by atoms with Crippen molar-refractivity contribution >= 4 is 27.5 Å². The van der Waals surface area contributed by atoms with Gasteiger partial charge in [-0.3, -0.25) is 4.68 Å². The Morgan fingerprint density at radius 1 is 1.24 bits per heavy atom. The van der Waals surface area contributed by atoms with E-state index < -0.39 is 0 Å². The monoisotopic (exact) mass is 368 g/mol. The number of halogens is 2. The van der Waals surface area contributed by atoms with Gasteiger partial charge in [0, 0.05) is 12.4 Å². The Balaban J connectivity index is 2.18. The fourth-order valence-corrected chi connectivity index (χ4v) is 3.33. The average molecular weight is 370 g/mol. The van der Waals surface area contributed by atoms with E-state index in [1.54, 1.807) is 0 Å². The molecule has 0 fully saturated rings. The lowest BCUT2D eigenvalue weighted by molar-refractivity contribution is 0.529. The quantitative estimate of drug-likeness (QED) is 0.661. The molecule has 1 atom stereocenters. The van der Waals surface area contributed by atoms with Crippen molar-refractivity contribution in [3.8, 4) is 0 Å². The first-order valence-electron chi connectivity index (χ1n) is 7.39. The van der Waals surface area contributed by atoms with E-state index in [0.29, 0.717) is 11.8 Å². The molecule has 114 valence electrons. The van der Waals surface area contributed by atoms with E-state index in [1.165, 1.54) is 16.8 Å². The standard InChI is InChI=1S/C17H22BrClN2/c1-4-21-16(17(18)13(3)20-21)10-14(11-19)9-15-8-6-5-7-12(15)2/h5-8,14H,4,9-11H2,1-3H3. The topological polar surface area (TPSA) is 17.8 Å². The van der Waals surface area contributed by atoms with Crippen LogP contribution in [0.25, 0.3) is 0 Å². The molecule has 2 rings (SSSR count). The Labute approximate surface area is 140 Å². The molecule has 1 heterocycles. The number of aromatic nitrogens is 2. The molecule has 1 aromatic heterocycles. The summed E-state index contributed by atoms with van der Waals surface area (Å²) in [7, 11) is 0. The number of hydrogen-bond donors (Lipinski definition) is 0. The Morgan fingerprint density at radius 3 is 2.57 bits per heavy atom. The van der Waals surface area contributed by atoms with Gasteiger partial charge in [0.25, 0.3) is 0 Å². The highest BCUT2D eigenvalue weighted by Crippen LogP contribution is 2.26. The number of rotatable bonds is 6. The summed E-state index contributed by atoms with van der Waals surface area (Å²) < 4.78 is 3.21. The molecule has 2 nitrogen and oxygen atoms in total. The first-order valence-corrected chi connectivity index (χ1v) is 8.71. The van der Waals surface area contributed by atoms with E-state index in [1.807, 2.05) is 6.92 Å². The van der Waals surface area contributed by atoms with Crippen molar-refractivity contribution in [2.45, 2.75) is 40.2 Å². The van der Waals surface area contributed by atoms with Crippen LogP contribution in [0.2, 0.25) is 0 Å². The molecule has 1 aromatic carbocycles. The van der Waals surface area contributed by atoms with Crippen molar-refractivity contribution in [2.24, 2.45) is 5.92 Å². The second kappa shape index (κ2) is 7.46. The lowest BCUT2D eigenvalue weighted by atomic mass is 9.94. The maximum absolute atomic E-state index is 6.23. The summed E-state index contributed by atoms with van der Waals surface area (Å²) in [5.74, 6) is 1.08. The molecule has 0 saturated carbocycles. The Bertz CT molecular complexity index is 607. The SMILES string of the molecule is CCn1nc(C)c(Br)c1CC(CCl)Cc1ccccc1C. The van der Waals surface area contributed by atoms with E-state index in [2.05, 4.69) is 63.8 Å². The zero-order valence-electron chi connectivity index (χ0n) is 12.9. The summed E-state index contributed by atoms with van der Waals surface area (Å²) in [6, 6.07) is 8.55. The van der Waals surface area contributed by atoms with E-state index in [4.69, 9.17) is 11.6 Å². The van der Waals surface area contributed by atoms with Crippen LogP contribution in [0.5, 0.6) is 0 Å². The van der Waals surface area contributed by atoms with Crippen LogP contribution in [0.1, 0.15) is 29.4 Å². The Morgan fingerprint density at radius 2 is 1.95 bits per heavy atom. The lowest BCUT2D eigenvalue weighted by Gasteiger charge is -2.16. The number of nitrogens with zero attached hydrogens (tertiary/aromatic N) is 2. The van der Waals surface area contributed by atoms with Gasteiger partial charge in [-0.05, 0) is 66.6 Å². The smallest absolute Gasteiger partial charge is 0.0738 e. The largest absolute Gasteiger partial charge is 0.268 e. The molecule has 2 aromatic rings. The van der Waals surface area contributed by atoms with Crippen molar-refractivity contribution in [3.05, 3.63) is 51.3 Å². The zero-order chi connectivity index (χ0) is 15.4. The summed E-state index contributed by atoms with van der Waals surface area (Å²) in [5.41, 5.74) is 5.04.